The number of nitrogens with zero attached hydrogens (tertiary/aromatic N) is 4. The number of hydrogen-bond donors (Lipinski definition) is 1. The molecule has 1 aliphatic rings. The van der Waals surface area contributed by atoms with Gasteiger partial charge in [0.15, 0.2) is 0 Å². The number of rotatable bonds is 4. The molecule has 1 saturated heterocycles. The van der Waals surface area contributed by atoms with E-state index in [0.717, 1.165) is 30.0 Å². The first-order valence-corrected chi connectivity index (χ1v) is 11.2. The molecular weight excluding hydrogens is 402 g/mol. The SMILES string of the molecule is CCc1ccc(NC(=O)N2CCN(C(C)c3nc4ccccc4c(=O)n3C)CC2C)cc1. The van der Waals surface area contributed by atoms with Crippen molar-refractivity contribution in [1.82, 2.24) is 19.4 Å². The van der Waals surface area contributed by atoms with Crippen molar-refractivity contribution >= 4 is 22.6 Å². The van der Waals surface area contributed by atoms with Gasteiger partial charge in [0.05, 0.1) is 16.9 Å². The van der Waals surface area contributed by atoms with Crippen molar-refractivity contribution < 1.29 is 4.79 Å². The first-order valence-electron chi connectivity index (χ1n) is 11.2. The Bertz CT molecular complexity index is 1170. The van der Waals surface area contributed by atoms with Crippen LogP contribution < -0.4 is 10.9 Å². The quantitative estimate of drug-likeness (QED) is 0.680. The molecule has 2 heterocycles. The van der Waals surface area contributed by atoms with Crippen LogP contribution in [0, 0.1) is 0 Å². The summed E-state index contributed by atoms with van der Waals surface area (Å²) in [5, 5.41) is 3.65. The molecule has 1 aliphatic heterocycles. The van der Waals surface area contributed by atoms with Gasteiger partial charge in [0, 0.05) is 38.4 Å². The molecule has 168 valence electrons. The largest absolute Gasteiger partial charge is 0.322 e. The van der Waals surface area contributed by atoms with Gasteiger partial charge in [-0.3, -0.25) is 14.3 Å². The van der Waals surface area contributed by atoms with Crippen molar-refractivity contribution in [3.8, 4) is 0 Å². The summed E-state index contributed by atoms with van der Waals surface area (Å²) >= 11 is 0. The molecule has 2 aromatic carbocycles. The summed E-state index contributed by atoms with van der Waals surface area (Å²) in [6.07, 6.45) is 0.975. The van der Waals surface area contributed by atoms with Crippen LogP contribution in [-0.4, -0.2) is 51.1 Å². The second kappa shape index (κ2) is 9.12. The number of aryl methyl sites for hydroxylation is 1. The summed E-state index contributed by atoms with van der Waals surface area (Å²) in [7, 11) is 1.78. The fourth-order valence-electron chi connectivity index (χ4n) is 4.43. The molecular formula is C25H31N5O2. The lowest BCUT2D eigenvalue weighted by Gasteiger charge is -2.42. The number of hydrogen-bond acceptors (Lipinski definition) is 4. The molecule has 2 atom stereocenters. The molecule has 32 heavy (non-hydrogen) atoms. The third-order valence-corrected chi connectivity index (χ3v) is 6.47. The van der Waals surface area contributed by atoms with E-state index in [-0.39, 0.29) is 23.7 Å². The van der Waals surface area contributed by atoms with Gasteiger partial charge in [-0.1, -0.05) is 31.2 Å². The summed E-state index contributed by atoms with van der Waals surface area (Å²) in [5.74, 6) is 0.745. The first kappa shape index (κ1) is 22.0. The topological polar surface area (TPSA) is 70.5 Å². The van der Waals surface area contributed by atoms with Crippen molar-refractivity contribution in [2.24, 2.45) is 7.05 Å². The van der Waals surface area contributed by atoms with Crippen molar-refractivity contribution in [1.29, 1.82) is 0 Å². The third-order valence-electron chi connectivity index (χ3n) is 6.47. The smallest absolute Gasteiger partial charge is 0.319 e. The number of amides is 2. The minimum Gasteiger partial charge on any atom is -0.319 e. The highest BCUT2D eigenvalue weighted by Crippen LogP contribution is 2.23. The normalized spacial score (nSPS) is 18.0. The number of nitrogens with one attached hydrogen (secondary N) is 1. The highest BCUT2D eigenvalue weighted by Gasteiger charge is 2.31. The predicted octanol–water partition coefficient (Wildman–Crippen LogP) is 3.80. The molecule has 4 rings (SSSR count). The van der Waals surface area contributed by atoms with Crippen LogP contribution in [0.3, 0.4) is 0 Å². The minimum absolute atomic E-state index is 0.0300. The number of carbonyl (C=O) groups is 1. The molecule has 0 aliphatic carbocycles. The molecule has 3 aromatic rings. The molecule has 0 radical (unpaired) electrons. The number of para-hydroxylation sites is 1. The van der Waals surface area contributed by atoms with Crippen LogP contribution in [0.4, 0.5) is 10.5 Å². The first-order chi connectivity index (χ1) is 15.4. The van der Waals surface area contributed by atoms with Crippen LogP contribution in [0.2, 0.25) is 0 Å². The number of fused-ring (bicyclic) bond motifs is 1. The van der Waals surface area contributed by atoms with Crippen LogP contribution in [0.5, 0.6) is 0 Å². The monoisotopic (exact) mass is 433 g/mol. The van der Waals surface area contributed by atoms with E-state index in [1.165, 1.54) is 5.56 Å². The Labute approximate surface area is 188 Å². The zero-order valence-corrected chi connectivity index (χ0v) is 19.2. The van der Waals surface area contributed by atoms with Crippen LogP contribution in [0.25, 0.3) is 10.9 Å². The van der Waals surface area contributed by atoms with Crippen molar-refractivity contribution in [3.63, 3.8) is 0 Å². The van der Waals surface area contributed by atoms with Gasteiger partial charge in [-0.2, -0.15) is 0 Å². The van der Waals surface area contributed by atoms with Crippen LogP contribution in [0.15, 0.2) is 53.3 Å². The Balaban J connectivity index is 1.46. The molecule has 7 heteroatoms. The predicted molar refractivity (Wildman–Crippen MR) is 128 cm³/mol. The Hall–Kier alpha value is -3.19. The second-order valence-corrected chi connectivity index (χ2v) is 8.55. The van der Waals surface area contributed by atoms with E-state index in [0.29, 0.717) is 18.5 Å². The summed E-state index contributed by atoms with van der Waals surface area (Å²) in [5.41, 5.74) is 2.75. The summed E-state index contributed by atoms with van der Waals surface area (Å²) in [4.78, 5) is 34.6. The van der Waals surface area contributed by atoms with E-state index >= 15 is 0 Å². The van der Waals surface area contributed by atoms with E-state index in [9.17, 15) is 9.59 Å². The van der Waals surface area contributed by atoms with E-state index in [1.54, 1.807) is 11.6 Å². The number of benzene rings is 2. The van der Waals surface area contributed by atoms with Gasteiger partial charge in [-0.15, -0.1) is 0 Å². The maximum atomic E-state index is 12.9. The Morgan fingerprint density at radius 3 is 2.56 bits per heavy atom. The standard InChI is InChI=1S/C25H31N5O2/c1-5-19-10-12-20(13-11-19)26-25(32)30-15-14-29(16-17(30)2)18(3)23-27-22-9-7-6-8-21(22)24(31)28(23)4/h6-13,17-18H,5,14-16H2,1-4H3,(H,26,32). The highest BCUT2D eigenvalue weighted by atomic mass is 16.2. The molecule has 0 spiro atoms. The van der Waals surface area contributed by atoms with Crippen molar-refractivity contribution in [2.75, 3.05) is 25.0 Å². The number of piperazine rings is 1. The average Bonchev–Trinajstić information content (AvgIpc) is 2.81. The van der Waals surface area contributed by atoms with Gasteiger partial charge < -0.3 is 10.2 Å². The number of anilines is 1. The fourth-order valence-corrected chi connectivity index (χ4v) is 4.43. The van der Waals surface area contributed by atoms with Crippen LogP contribution in [0.1, 0.15) is 38.2 Å². The van der Waals surface area contributed by atoms with Gasteiger partial charge >= 0.3 is 6.03 Å². The maximum absolute atomic E-state index is 12.9. The lowest BCUT2D eigenvalue weighted by Crippen LogP contribution is -2.55. The Morgan fingerprint density at radius 1 is 1.16 bits per heavy atom. The molecule has 0 saturated carbocycles. The van der Waals surface area contributed by atoms with Gasteiger partial charge in [0.25, 0.3) is 5.56 Å². The molecule has 0 bridgehead atoms. The minimum atomic E-state index is -0.0784. The van der Waals surface area contributed by atoms with Crippen molar-refractivity contribution in [3.05, 3.63) is 70.3 Å². The lowest BCUT2D eigenvalue weighted by molar-refractivity contribution is 0.0796. The average molecular weight is 434 g/mol. The second-order valence-electron chi connectivity index (χ2n) is 8.55. The van der Waals surface area contributed by atoms with Crippen LogP contribution in [-0.2, 0) is 13.5 Å². The molecule has 7 nitrogen and oxygen atoms in total. The van der Waals surface area contributed by atoms with Crippen molar-refractivity contribution in [2.45, 2.75) is 39.3 Å². The van der Waals surface area contributed by atoms with E-state index < -0.39 is 0 Å². The third kappa shape index (κ3) is 4.25. The lowest BCUT2D eigenvalue weighted by atomic mass is 10.1. The maximum Gasteiger partial charge on any atom is 0.322 e. The number of aromatic nitrogens is 2. The Kier molecular flexibility index (Phi) is 6.28. The summed E-state index contributed by atoms with van der Waals surface area (Å²) < 4.78 is 1.65. The number of carbonyl (C=O) groups excluding carboxylic acids is 1. The molecule has 2 unspecified atom stereocenters. The summed E-state index contributed by atoms with van der Waals surface area (Å²) in [6, 6.07) is 15.4. The fraction of sp³-hybridized carbons (Fsp3) is 0.400. The van der Waals surface area contributed by atoms with Gasteiger partial charge in [-0.25, -0.2) is 9.78 Å². The molecule has 2 amide bonds. The zero-order chi connectivity index (χ0) is 22.8. The Morgan fingerprint density at radius 2 is 1.88 bits per heavy atom. The molecule has 1 fully saturated rings. The highest BCUT2D eigenvalue weighted by molar-refractivity contribution is 5.89. The van der Waals surface area contributed by atoms with E-state index in [4.69, 9.17) is 4.98 Å². The molecule has 1 aromatic heterocycles. The van der Waals surface area contributed by atoms with Crippen LogP contribution >= 0.6 is 0 Å². The molecule has 1 N–H and O–H groups in total. The van der Waals surface area contributed by atoms with Gasteiger partial charge in [-0.05, 0) is 50.1 Å². The zero-order valence-electron chi connectivity index (χ0n) is 19.2. The van der Waals surface area contributed by atoms with E-state index in [2.05, 4.69) is 31.0 Å². The number of urea groups is 1. The van der Waals surface area contributed by atoms with E-state index in [1.807, 2.05) is 53.4 Å². The van der Waals surface area contributed by atoms with Gasteiger partial charge in [0.1, 0.15) is 5.82 Å². The van der Waals surface area contributed by atoms with Gasteiger partial charge in [0.2, 0.25) is 0 Å². The summed E-state index contributed by atoms with van der Waals surface area (Å²) in [6.45, 7) is 8.30.